The number of hydrogen-bond donors (Lipinski definition) is 1. The fourth-order valence-corrected chi connectivity index (χ4v) is 2.88. The van der Waals surface area contributed by atoms with E-state index >= 15 is 0 Å². The number of hydrogen-bond acceptors (Lipinski definition) is 5. The summed E-state index contributed by atoms with van der Waals surface area (Å²) >= 11 is 0. The molecule has 0 aliphatic carbocycles. The van der Waals surface area contributed by atoms with Crippen molar-refractivity contribution in [1.82, 2.24) is 19.7 Å². The molecule has 0 saturated carbocycles. The Morgan fingerprint density at radius 3 is 2.70 bits per heavy atom. The molecule has 0 atom stereocenters. The lowest BCUT2D eigenvalue weighted by atomic mass is 10.2. The van der Waals surface area contributed by atoms with E-state index in [1.807, 2.05) is 43.3 Å². The maximum atomic E-state index is 11.9. The van der Waals surface area contributed by atoms with E-state index < -0.39 is 11.1 Å². The zero-order chi connectivity index (χ0) is 18.8. The van der Waals surface area contributed by atoms with Crippen molar-refractivity contribution < 1.29 is 4.52 Å². The van der Waals surface area contributed by atoms with E-state index in [0.717, 1.165) is 5.56 Å². The topological polar surface area (TPSA) is 93.8 Å². The molecule has 2 heterocycles. The molecule has 0 fully saturated rings. The molecule has 0 unspecified atom stereocenters. The predicted molar refractivity (Wildman–Crippen MR) is 103 cm³/mol. The number of nitrogens with zero attached hydrogens (tertiary/aromatic N) is 3. The number of aromatic amines is 1. The Labute approximate surface area is 153 Å². The molecule has 4 rings (SSSR count). The van der Waals surface area contributed by atoms with Gasteiger partial charge in [0, 0.05) is 18.2 Å². The van der Waals surface area contributed by atoms with Crippen molar-refractivity contribution in [2.45, 2.75) is 13.5 Å². The number of benzene rings is 2. The molecule has 0 radical (unpaired) electrons. The fraction of sp³-hybridized carbons (Fsp3) is 0.100. The van der Waals surface area contributed by atoms with Crippen LogP contribution in [0.25, 0.3) is 34.6 Å². The molecule has 2 aromatic carbocycles. The van der Waals surface area contributed by atoms with Gasteiger partial charge in [0.2, 0.25) is 5.82 Å². The van der Waals surface area contributed by atoms with E-state index in [-0.39, 0.29) is 0 Å². The Morgan fingerprint density at radius 1 is 1.11 bits per heavy atom. The third kappa shape index (κ3) is 3.22. The fourth-order valence-electron chi connectivity index (χ4n) is 2.88. The molecule has 7 heteroatoms. The van der Waals surface area contributed by atoms with Crippen molar-refractivity contribution >= 4 is 23.2 Å². The molecule has 27 heavy (non-hydrogen) atoms. The molecule has 0 amide bonds. The minimum absolute atomic E-state index is 0.376. The van der Waals surface area contributed by atoms with Crippen LogP contribution in [0.15, 0.2) is 62.6 Å². The van der Waals surface area contributed by atoms with Gasteiger partial charge in [0.25, 0.3) is 5.89 Å². The summed E-state index contributed by atoms with van der Waals surface area (Å²) in [6, 6.07) is 15.1. The molecule has 0 aliphatic heterocycles. The van der Waals surface area contributed by atoms with E-state index in [0.29, 0.717) is 34.9 Å². The van der Waals surface area contributed by atoms with Crippen LogP contribution in [-0.2, 0) is 6.54 Å². The van der Waals surface area contributed by atoms with Crippen LogP contribution in [0.4, 0.5) is 0 Å². The lowest BCUT2D eigenvalue weighted by Crippen LogP contribution is -2.35. The highest BCUT2D eigenvalue weighted by atomic mass is 16.5. The van der Waals surface area contributed by atoms with Gasteiger partial charge in [-0.1, -0.05) is 35.5 Å². The van der Waals surface area contributed by atoms with Gasteiger partial charge >= 0.3 is 11.1 Å². The van der Waals surface area contributed by atoms with Crippen LogP contribution in [0.1, 0.15) is 18.4 Å². The molecule has 2 aromatic heterocycles. The standard InChI is InChI=1S/C20H16N4O3/c1-2-24-16-10-9-14(12-15(16)21-19(25)20(24)26)18-22-17(27-23-18)11-8-13-6-4-3-5-7-13/h3-12H,2H2,1H3,(H,21,25)/b11-8+. The van der Waals surface area contributed by atoms with Crippen molar-refractivity contribution in [2.24, 2.45) is 0 Å². The predicted octanol–water partition coefficient (Wildman–Crippen LogP) is 2.93. The van der Waals surface area contributed by atoms with Gasteiger partial charge in [-0.25, -0.2) is 0 Å². The van der Waals surface area contributed by atoms with Gasteiger partial charge < -0.3 is 14.1 Å². The summed E-state index contributed by atoms with van der Waals surface area (Å²) in [6.45, 7) is 2.23. The number of H-pyrrole nitrogens is 1. The number of aryl methyl sites for hydroxylation is 1. The zero-order valence-corrected chi connectivity index (χ0v) is 14.5. The van der Waals surface area contributed by atoms with Gasteiger partial charge in [-0.05, 0) is 36.8 Å². The normalized spacial score (nSPS) is 11.4. The summed E-state index contributed by atoms with van der Waals surface area (Å²) in [6.07, 6.45) is 3.62. The highest BCUT2D eigenvalue weighted by Crippen LogP contribution is 2.20. The second-order valence-corrected chi connectivity index (χ2v) is 5.94. The second kappa shape index (κ2) is 6.87. The van der Waals surface area contributed by atoms with Crippen LogP contribution in [0.2, 0.25) is 0 Å². The first-order valence-electron chi connectivity index (χ1n) is 8.50. The van der Waals surface area contributed by atoms with Crippen molar-refractivity contribution in [2.75, 3.05) is 0 Å². The van der Waals surface area contributed by atoms with Crippen molar-refractivity contribution in [1.29, 1.82) is 0 Å². The Bertz CT molecular complexity index is 1250. The Hall–Kier alpha value is -3.74. The average molecular weight is 360 g/mol. The summed E-state index contributed by atoms with van der Waals surface area (Å²) in [4.78, 5) is 30.7. The van der Waals surface area contributed by atoms with Gasteiger partial charge in [-0.15, -0.1) is 0 Å². The third-order valence-electron chi connectivity index (χ3n) is 4.21. The highest BCUT2D eigenvalue weighted by Gasteiger charge is 2.11. The molecule has 4 aromatic rings. The summed E-state index contributed by atoms with van der Waals surface area (Å²) in [5, 5.41) is 3.99. The first kappa shape index (κ1) is 16.7. The van der Waals surface area contributed by atoms with E-state index in [1.54, 1.807) is 24.3 Å². The highest BCUT2D eigenvalue weighted by molar-refractivity contribution is 5.80. The molecule has 0 bridgehead atoms. The van der Waals surface area contributed by atoms with E-state index in [4.69, 9.17) is 4.52 Å². The van der Waals surface area contributed by atoms with Gasteiger partial charge in [0.15, 0.2) is 0 Å². The smallest absolute Gasteiger partial charge is 0.316 e. The summed E-state index contributed by atoms with van der Waals surface area (Å²) < 4.78 is 6.70. The first-order chi connectivity index (χ1) is 13.2. The lowest BCUT2D eigenvalue weighted by molar-refractivity contribution is 0.411. The maximum absolute atomic E-state index is 11.9. The van der Waals surface area contributed by atoms with Crippen LogP contribution >= 0.6 is 0 Å². The molecule has 1 N–H and O–H groups in total. The largest absolute Gasteiger partial charge is 0.334 e. The van der Waals surface area contributed by atoms with Crippen LogP contribution in [0.5, 0.6) is 0 Å². The molecular weight excluding hydrogens is 344 g/mol. The second-order valence-electron chi connectivity index (χ2n) is 5.94. The number of rotatable bonds is 4. The number of aromatic nitrogens is 4. The van der Waals surface area contributed by atoms with Gasteiger partial charge in [-0.2, -0.15) is 4.98 Å². The Morgan fingerprint density at radius 2 is 1.93 bits per heavy atom. The van der Waals surface area contributed by atoms with Crippen LogP contribution < -0.4 is 11.1 Å². The molecule has 0 spiro atoms. The molecule has 0 saturated heterocycles. The number of fused-ring (bicyclic) bond motifs is 1. The molecule has 7 nitrogen and oxygen atoms in total. The quantitative estimate of drug-likeness (QED) is 0.565. The molecular formula is C20H16N4O3. The van der Waals surface area contributed by atoms with Crippen LogP contribution in [-0.4, -0.2) is 19.7 Å². The van der Waals surface area contributed by atoms with Gasteiger partial charge in [-0.3, -0.25) is 9.59 Å². The van der Waals surface area contributed by atoms with Gasteiger partial charge in [0.05, 0.1) is 11.0 Å². The van der Waals surface area contributed by atoms with Crippen LogP contribution in [0.3, 0.4) is 0 Å². The van der Waals surface area contributed by atoms with E-state index in [1.165, 1.54) is 4.57 Å². The zero-order valence-electron chi connectivity index (χ0n) is 14.5. The van der Waals surface area contributed by atoms with Crippen molar-refractivity contribution in [3.8, 4) is 11.4 Å². The first-order valence-corrected chi connectivity index (χ1v) is 8.50. The van der Waals surface area contributed by atoms with Crippen molar-refractivity contribution in [3.63, 3.8) is 0 Å². The Balaban J connectivity index is 1.70. The summed E-state index contributed by atoms with van der Waals surface area (Å²) in [5.74, 6) is 0.778. The summed E-state index contributed by atoms with van der Waals surface area (Å²) in [7, 11) is 0. The maximum Gasteiger partial charge on any atom is 0.316 e. The lowest BCUT2D eigenvalue weighted by Gasteiger charge is -2.07. The Kier molecular flexibility index (Phi) is 4.25. The van der Waals surface area contributed by atoms with E-state index in [9.17, 15) is 9.59 Å². The van der Waals surface area contributed by atoms with Crippen molar-refractivity contribution in [3.05, 3.63) is 80.7 Å². The third-order valence-corrected chi connectivity index (χ3v) is 4.21. The molecule has 0 aliphatic rings. The average Bonchev–Trinajstić information content (AvgIpc) is 3.17. The monoisotopic (exact) mass is 360 g/mol. The molecule has 134 valence electrons. The van der Waals surface area contributed by atoms with Crippen LogP contribution in [0, 0.1) is 0 Å². The van der Waals surface area contributed by atoms with Gasteiger partial charge in [0.1, 0.15) is 0 Å². The minimum atomic E-state index is -0.652. The number of nitrogens with one attached hydrogen (secondary N) is 1. The summed E-state index contributed by atoms with van der Waals surface area (Å²) in [5.41, 5.74) is 1.69. The SMILES string of the molecule is CCn1c(=O)c(=O)[nH]c2cc(-c3noc(/C=C/c4ccccc4)n3)ccc21. The van der Waals surface area contributed by atoms with E-state index in [2.05, 4.69) is 15.1 Å². The minimum Gasteiger partial charge on any atom is -0.334 e.